The first-order valence-electron chi connectivity index (χ1n) is 5.57. The van der Waals surface area contributed by atoms with Gasteiger partial charge in [-0.25, -0.2) is 0 Å². The Labute approximate surface area is 85.7 Å². The first kappa shape index (κ1) is 8.28. The van der Waals surface area contributed by atoms with E-state index in [-0.39, 0.29) is 0 Å². The van der Waals surface area contributed by atoms with Gasteiger partial charge >= 0.3 is 0 Å². The largest absolute Gasteiger partial charge is 0.0724 e. The Morgan fingerprint density at radius 3 is 1.57 bits per heavy atom. The molecule has 0 amide bonds. The van der Waals surface area contributed by atoms with Crippen LogP contribution >= 0.6 is 0 Å². The van der Waals surface area contributed by atoms with Crippen LogP contribution < -0.4 is 0 Å². The second kappa shape index (κ2) is 2.73. The average Bonchev–Trinajstić information content (AvgIpc) is 2.16. The Morgan fingerprint density at radius 2 is 1.14 bits per heavy atom. The number of rotatable bonds is 0. The van der Waals surface area contributed by atoms with Crippen LogP contribution in [0, 0.1) is 0 Å². The summed E-state index contributed by atoms with van der Waals surface area (Å²) in [6, 6.07) is 0. The fourth-order valence-electron chi connectivity index (χ4n) is 2.76. The number of hydrogen-bond acceptors (Lipinski definition) is 0. The SMILES string of the molecule is CC1=CC2=C3CCC(C)=CC3=C2CC1. The lowest BCUT2D eigenvalue weighted by Crippen LogP contribution is -2.16. The second-order valence-corrected chi connectivity index (χ2v) is 4.77. The molecule has 3 rings (SSSR count). The molecule has 0 aliphatic heterocycles. The molecule has 0 radical (unpaired) electrons. The molecule has 0 N–H and O–H groups in total. The van der Waals surface area contributed by atoms with Crippen LogP contribution in [0.2, 0.25) is 0 Å². The van der Waals surface area contributed by atoms with E-state index in [9.17, 15) is 0 Å². The van der Waals surface area contributed by atoms with E-state index in [2.05, 4.69) is 26.0 Å². The molecule has 0 fully saturated rings. The minimum atomic E-state index is 1.27. The molecule has 0 saturated heterocycles. The molecule has 0 unspecified atom stereocenters. The molecule has 3 aliphatic carbocycles. The lowest BCUT2D eigenvalue weighted by Gasteiger charge is -2.35. The third-order valence-corrected chi connectivity index (χ3v) is 3.62. The van der Waals surface area contributed by atoms with Crippen molar-refractivity contribution >= 4 is 0 Å². The fourth-order valence-corrected chi connectivity index (χ4v) is 2.76. The molecule has 14 heavy (non-hydrogen) atoms. The first-order chi connectivity index (χ1) is 6.75. The van der Waals surface area contributed by atoms with Crippen LogP contribution in [-0.2, 0) is 0 Å². The monoisotopic (exact) mass is 184 g/mol. The van der Waals surface area contributed by atoms with Gasteiger partial charge in [-0.1, -0.05) is 23.3 Å². The van der Waals surface area contributed by atoms with Crippen LogP contribution in [0.5, 0.6) is 0 Å². The Morgan fingerprint density at radius 1 is 0.714 bits per heavy atom. The highest BCUT2D eigenvalue weighted by molar-refractivity contribution is 5.70. The maximum atomic E-state index is 2.41. The molecule has 0 heteroatoms. The van der Waals surface area contributed by atoms with Crippen molar-refractivity contribution in [3.05, 3.63) is 45.6 Å². The van der Waals surface area contributed by atoms with Crippen LogP contribution in [0.1, 0.15) is 39.5 Å². The van der Waals surface area contributed by atoms with Crippen molar-refractivity contribution < 1.29 is 0 Å². The van der Waals surface area contributed by atoms with Gasteiger partial charge in [-0.05, 0) is 61.8 Å². The van der Waals surface area contributed by atoms with E-state index in [1.54, 1.807) is 33.4 Å². The standard InChI is InChI=1S/C14H16/c1-9-3-5-11-13(7-9)12-6-4-10(2)8-14(11)12/h7-8H,3-6H2,1-2H3. The summed E-state index contributed by atoms with van der Waals surface area (Å²) in [5, 5.41) is 0. The maximum Gasteiger partial charge on any atom is -0.0181 e. The van der Waals surface area contributed by atoms with Gasteiger partial charge in [0.1, 0.15) is 0 Å². The van der Waals surface area contributed by atoms with E-state index in [0.29, 0.717) is 0 Å². The van der Waals surface area contributed by atoms with Crippen molar-refractivity contribution in [2.24, 2.45) is 0 Å². The molecule has 0 heterocycles. The van der Waals surface area contributed by atoms with Gasteiger partial charge in [0.05, 0.1) is 0 Å². The van der Waals surface area contributed by atoms with Crippen LogP contribution in [0.25, 0.3) is 0 Å². The topological polar surface area (TPSA) is 0 Å². The number of hydrogen-bond donors (Lipinski definition) is 0. The van der Waals surface area contributed by atoms with E-state index >= 15 is 0 Å². The van der Waals surface area contributed by atoms with Crippen molar-refractivity contribution in [3.8, 4) is 0 Å². The van der Waals surface area contributed by atoms with E-state index in [0.717, 1.165) is 0 Å². The first-order valence-corrected chi connectivity index (χ1v) is 5.57. The zero-order valence-electron chi connectivity index (χ0n) is 8.98. The Balaban J connectivity index is 2.07. The van der Waals surface area contributed by atoms with Crippen molar-refractivity contribution in [1.29, 1.82) is 0 Å². The molecule has 0 nitrogen and oxygen atoms in total. The van der Waals surface area contributed by atoms with Crippen molar-refractivity contribution in [1.82, 2.24) is 0 Å². The predicted molar refractivity (Wildman–Crippen MR) is 60.0 cm³/mol. The molecule has 0 aromatic heterocycles. The van der Waals surface area contributed by atoms with Gasteiger partial charge in [-0.2, -0.15) is 0 Å². The van der Waals surface area contributed by atoms with E-state index < -0.39 is 0 Å². The van der Waals surface area contributed by atoms with Gasteiger partial charge < -0.3 is 0 Å². The Hall–Kier alpha value is -1.04. The van der Waals surface area contributed by atoms with Crippen molar-refractivity contribution in [2.75, 3.05) is 0 Å². The summed E-state index contributed by atoms with van der Waals surface area (Å²) in [5.41, 5.74) is 9.58. The van der Waals surface area contributed by atoms with Gasteiger partial charge in [0, 0.05) is 0 Å². The average molecular weight is 184 g/mol. The molecule has 72 valence electrons. The second-order valence-electron chi connectivity index (χ2n) is 4.77. The molecule has 3 aliphatic rings. The van der Waals surface area contributed by atoms with Crippen LogP contribution in [0.4, 0.5) is 0 Å². The Bertz CT molecular complexity index is 372. The summed E-state index contributed by atoms with van der Waals surface area (Å²) in [4.78, 5) is 0. The molecular formula is C14H16. The summed E-state index contributed by atoms with van der Waals surface area (Å²) in [6.45, 7) is 4.51. The highest BCUT2D eigenvalue weighted by Gasteiger charge is 2.29. The van der Waals surface area contributed by atoms with Crippen LogP contribution in [0.15, 0.2) is 45.6 Å². The summed E-state index contributed by atoms with van der Waals surface area (Å²) >= 11 is 0. The van der Waals surface area contributed by atoms with E-state index in [1.807, 2.05) is 0 Å². The predicted octanol–water partition coefficient (Wildman–Crippen LogP) is 4.07. The zero-order chi connectivity index (χ0) is 9.71. The van der Waals surface area contributed by atoms with Gasteiger partial charge in [0.25, 0.3) is 0 Å². The quantitative estimate of drug-likeness (QED) is 0.532. The minimum absolute atomic E-state index is 1.27. The minimum Gasteiger partial charge on any atom is -0.0724 e. The summed E-state index contributed by atoms with van der Waals surface area (Å²) in [6.07, 6.45) is 9.91. The van der Waals surface area contributed by atoms with Gasteiger partial charge in [-0.3, -0.25) is 0 Å². The molecule has 0 aromatic rings. The molecule has 0 saturated carbocycles. The van der Waals surface area contributed by atoms with Crippen LogP contribution in [-0.4, -0.2) is 0 Å². The number of fused-ring (bicyclic) bond motifs is 2. The maximum absolute atomic E-state index is 2.41. The molecule has 0 atom stereocenters. The molecule has 0 aromatic carbocycles. The van der Waals surface area contributed by atoms with E-state index in [4.69, 9.17) is 0 Å². The third-order valence-electron chi connectivity index (χ3n) is 3.62. The van der Waals surface area contributed by atoms with Crippen LogP contribution in [0.3, 0.4) is 0 Å². The van der Waals surface area contributed by atoms with E-state index in [1.165, 1.54) is 25.7 Å². The Kier molecular flexibility index (Phi) is 1.61. The zero-order valence-corrected chi connectivity index (χ0v) is 8.98. The molecule has 0 spiro atoms. The highest BCUT2D eigenvalue weighted by Crippen LogP contribution is 2.48. The molecular weight excluding hydrogens is 168 g/mol. The van der Waals surface area contributed by atoms with Gasteiger partial charge in [0.15, 0.2) is 0 Å². The smallest absolute Gasteiger partial charge is 0.0181 e. The highest BCUT2D eigenvalue weighted by atomic mass is 14.3. The van der Waals surface area contributed by atoms with Crippen molar-refractivity contribution in [3.63, 3.8) is 0 Å². The molecule has 0 bridgehead atoms. The lowest BCUT2D eigenvalue weighted by atomic mass is 9.70. The third kappa shape index (κ3) is 1.00. The van der Waals surface area contributed by atoms with Gasteiger partial charge in [0.2, 0.25) is 0 Å². The number of allylic oxidation sites excluding steroid dienone is 8. The summed E-state index contributed by atoms with van der Waals surface area (Å²) in [7, 11) is 0. The summed E-state index contributed by atoms with van der Waals surface area (Å²) in [5.74, 6) is 0. The summed E-state index contributed by atoms with van der Waals surface area (Å²) < 4.78 is 0. The lowest BCUT2D eigenvalue weighted by molar-refractivity contribution is 0.813. The van der Waals surface area contributed by atoms with Crippen molar-refractivity contribution in [2.45, 2.75) is 39.5 Å². The van der Waals surface area contributed by atoms with Gasteiger partial charge in [-0.15, -0.1) is 0 Å². The normalized spacial score (nSPS) is 25.0. The fraction of sp³-hybridized carbons (Fsp3) is 0.429.